The Hall–Kier alpha value is -2.29. The van der Waals surface area contributed by atoms with Crippen molar-refractivity contribution in [2.75, 3.05) is 7.11 Å². The standard InChI is InChI=1S/C11H13F2N5O2/c1-20-6-8-4-7(15-16-8)5-14-10(19)9-2-3-18(17-9)11(12)13/h2-4,11H,5-6H2,1H3,(H,14,19)(H,15,16). The first-order chi connectivity index (χ1) is 9.60. The summed E-state index contributed by atoms with van der Waals surface area (Å²) < 4.78 is 30.0. The highest BCUT2D eigenvalue weighted by atomic mass is 19.3. The second kappa shape index (κ2) is 6.24. The molecule has 0 aliphatic heterocycles. The predicted octanol–water partition coefficient (Wildman–Crippen LogP) is 1.08. The van der Waals surface area contributed by atoms with Gasteiger partial charge < -0.3 is 10.1 Å². The highest BCUT2D eigenvalue weighted by Gasteiger charge is 2.13. The van der Waals surface area contributed by atoms with Crippen molar-refractivity contribution in [2.45, 2.75) is 19.7 Å². The van der Waals surface area contributed by atoms with Crippen LogP contribution >= 0.6 is 0 Å². The van der Waals surface area contributed by atoms with Gasteiger partial charge in [0.25, 0.3) is 5.91 Å². The quantitative estimate of drug-likeness (QED) is 0.831. The minimum Gasteiger partial charge on any atom is -0.378 e. The molecule has 20 heavy (non-hydrogen) atoms. The molecule has 0 saturated heterocycles. The van der Waals surface area contributed by atoms with Gasteiger partial charge in [-0.2, -0.15) is 19.0 Å². The number of carbonyl (C=O) groups is 1. The summed E-state index contributed by atoms with van der Waals surface area (Å²) in [4.78, 5) is 11.7. The summed E-state index contributed by atoms with van der Waals surface area (Å²) >= 11 is 0. The van der Waals surface area contributed by atoms with Crippen LogP contribution in [0.3, 0.4) is 0 Å². The van der Waals surface area contributed by atoms with Crippen LogP contribution in [0, 0.1) is 0 Å². The Morgan fingerprint density at radius 3 is 3.05 bits per heavy atom. The molecule has 0 fully saturated rings. The fourth-order valence-electron chi connectivity index (χ4n) is 1.56. The average Bonchev–Trinajstić information content (AvgIpc) is 3.05. The van der Waals surface area contributed by atoms with E-state index < -0.39 is 12.5 Å². The number of H-pyrrole nitrogens is 1. The Bertz CT molecular complexity index is 581. The lowest BCUT2D eigenvalue weighted by Crippen LogP contribution is -2.23. The summed E-state index contributed by atoms with van der Waals surface area (Å²) in [6.07, 6.45) is 1.05. The number of hydrogen-bond donors (Lipinski definition) is 2. The third-order valence-corrected chi connectivity index (χ3v) is 2.46. The molecular formula is C11H13F2N5O2. The number of aromatic amines is 1. The first-order valence-electron chi connectivity index (χ1n) is 5.73. The fourth-order valence-corrected chi connectivity index (χ4v) is 1.56. The van der Waals surface area contributed by atoms with Gasteiger partial charge in [0.15, 0.2) is 0 Å². The van der Waals surface area contributed by atoms with Crippen LogP contribution in [0.4, 0.5) is 8.78 Å². The summed E-state index contributed by atoms with van der Waals surface area (Å²) in [6.45, 7) is -2.21. The van der Waals surface area contributed by atoms with Gasteiger partial charge in [-0.3, -0.25) is 9.89 Å². The summed E-state index contributed by atoms with van der Waals surface area (Å²) in [7, 11) is 1.55. The lowest BCUT2D eigenvalue weighted by Gasteiger charge is -2.00. The summed E-state index contributed by atoms with van der Waals surface area (Å²) in [5.41, 5.74) is 1.32. The van der Waals surface area contributed by atoms with Gasteiger partial charge in [-0.05, 0) is 12.1 Å². The Balaban J connectivity index is 1.90. The molecule has 108 valence electrons. The molecule has 0 unspecified atom stereocenters. The molecule has 2 aromatic rings. The number of halogens is 2. The van der Waals surface area contributed by atoms with Crippen molar-refractivity contribution in [3.63, 3.8) is 0 Å². The SMILES string of the molecule is COCc1cc(CNC(=O)c2ccn(C(F)F)n2)[nH]n1. The molecule has 9 heteroatoms. The van der Waals surface area contributed by atoms with Gasteiger partial charge in [0, 0.05) is 13.3 Å². The monoisotopic (exact) mass is 285 g/mol. The van der Waals surface area contributed by atoms with Gasteiger partial charge in [-0.25, -0.2) is 4.68 Å². The van der Waals surface area contributed by atoms with E-state index in [1.807, 2.05) is 0 Å². The summed E-state index contributed by atoms with van der Waals surface area (Å²) in [5, 5.41) is 12.7. The number of nitrogens with zero attached hydrogens (tertiary/aromatic N) is 3. The number of methoxy groups -OCH3 is 1. The van der Waals surface area contributed by atoms with Crippen LogP contribution in [0.5, 0.6) is 0 Å². The van der Waals surface area contributed by atoms with Gasteiger partial charge in [0.2, 0.25) is 0 Å². The fraction of sp³-hybridized carbons (Fsp3) is 0.364. The minimum absolute atomic E-state index is 0.0677. The number of hydrogen-bond acceptors (Lipinski definition) is 4. The number of rotatable bonds is 6. The van der Waals surface area contributed by atoms with Crippen LogP contribution < -0.4 is 5.32 Å². The van der Waals surface area contributed by atoms with Gasteiger partial charge in [0.1, 0.15) is 5.69 Å². The van der Waals surface area contributed by atoms with Crippen molar-refractivity contribution < 1.29 is 18.3 Å². The number of carbonyl (C=O) groups excluding carboxylic acids is 1. The van der Waals surface area contributed by atoms with Crippen molar-refractivity contribution in [1.82, 2.24) is 25.3 Å². The van der Waals surface area contributed by atoms with E-state index in [0.717, 1.165) is 6.20 Å². The van der Waals surface area contributed by atoms with E-state index in [-0.39, 0.29) is 12.2 Å². The van der Waals surface area contributed by atoms with Crippen LogP contribution in [0.25, 0.3) is 0 Å². The van der Waals surface area contributed by atoms with Crippen LogP contribution in [-0.2, 0) is 17.9 Å². The molecular weight excluding hydrogens is 272 g/mol. The zero-order valence-corrected chi connectivity index (χ0v) is 10.6. The van der Waals surface area contributed by atoms with Crippen LogP contribution in [-0.4, -0.2) is 33.0 Å². The molecule has 7 nitrogen and oxygen atoms in total. The van der Waals surface area contributed by atoms with Crippen molar-refractivity contribution in [3.05, 3.63) is 35.4 Å². The van der Waals surface area contributed by atoms with Crippen molar-refractivity contribution in [3.8, 4) is 0 Å². The van der Waals surface area contributed by atoms with E-state index in [1.165, 1.54) is 6.07 Å². The molecule has 1 amide bonds. The van der Waals surface area contributed by atoms with Crippen molar-refractivity contribution in [2.24, 2.45) is 0 Å². The molecule has 2 heterocycles. The van der Waals surface area contributed by atoms with Crippen LogP contribution in [0.15, 0.2) is 18.3 Å². The topological polar surface area (TPSA) is 84.8 Å². The summed E-state index contributed by atoms with van der Waals surface area (Å²) in [5.74, 6) is -0.535. The van der Waals surface area contributed by atoms with E-state index in [9.17, 15) is 13.6 Å². The smallest absolute Gasteiger partial charge is 0.333 e. The first kappa shape index (κ1) is 14.1. The Labute approximate surface area is 112 Å². The van der Waals surface area contributed by atoms with Gasteiger partial charge in [0.05, 0.1) is 24.5 Å². The molecule has 0 atom stereocenters. The third kappa shape index (κ3) is 3.38. The first-order valence-corrected chi connectivity index (χ1v) is 5.73. The van der Waals surface area contributed by atoms with Crippen molar-refractivity contribution in [1.29, 1.82) is 0 Å². The third-order valence-electron chi connectivity index (χ3n) is 2.46. The molecule has 0 aromatic carbocycles. The highest BCUT2D eigenvalue weighted by Crippen LogP contribution is 2.08. The van der Waals surface area contributed by atoms with Gasteiger partial charge in [-0.15, -0.1) is 0 Å². The lowest BCUT2D eigenvalue weighted by molar-refractivity contribution is 0.0560. The molecule has 2 N–H and O–H groups in total. The Morgan fingerprint density at radius 2 is 2.40 bits per heavy atom. The van der Waals surface area contributed by atoms with Crippen molar-refractivity contribution >= 4 is 5.91 Å². The Morgan fingerprint density at radius 1 is 1.60 bits per heavy atom. The van der Waals surface area contributed by atoms with E-state index in [2.05, 4.69) is 20.6 Å². The predicted molar refractivity (Wildman–Crippen MR) is 64.0 cm³/mol. The van der Waals surface area contributed by atoms with Crippen LogP contribution in [0.1, 0.15) is 28.4 Å². The molecule has 0 bridgehead atoms. The van der Waals surface area contributed by atoms with Gasteiger partial charge in [-0.1, -0.05) is 0 Å². The largest absolute Gasteiger partial charge is 0.378 e. The molecule has 0 saturated carbocycles. The Kier molecular flexibility index (Phi) is 4.41. The van der Waals surface area contributed by atoms with E-state index >= 15 is 0 Å². The van der Waals surface area contributed by atoms with E-state index in [1.54, 1.807) is 13.2 Å². The number of ether oxygens (including phenoxy) is 1. The molecule has 0 spiro atoms. The number of alkyl halides is 2. The number of aromatic nitrogens is 4. The minimum atomic E-state index is -2.76. The maximum Gasteiger partial charge on any atom is 0.333 e. The maximum absolute atomic E-state index is 12.3. The zero-order chi connectivity index (χ0) is 14.5. The summed E-state index contributed by atoms with van der Waals surface area (Å²) in [6, 6.07) is 2.96. The second-order valence-electron chi connectivity index (χ2n) is 3.96. The zero-order valence-electron chi connectivity index (χ0n) is 10.6. The van der Waals surface area contributed by atoms with Crippen LogP contribution in [0.2, 0.25) is 0 Å². The van der Waals surface area contributed by atoms with E-state index in [4.69, 9.17) is 4.74 Å². The normalized spacial score (nSPS) is 11.0. The highest BCUT2D eigenvalue weighted by molar-refractivity contribution is 5.92. The molecule has 0 radical (unpaired) electrons. The number of nitrogens with one attached hydrogen (secondary N) is 2. The average molecular weight is 285 g/mol. The second-order valence-corrected chi connectivity index (χ2v) is 3.96. The molecule has 2 aromatic heterocycles. The molecule has 0 aliphatic rings. The lowest BCUT2D eigenvalue weighted by atomic mass is 10.3. The number of amides is 1. The van der Waals surface area contributed by atoms with Gasteiger partial charge >= 0.3 is 6.55 Å². The molecule has 2 rings (SSSR count). The van der Waals surface area contributed by atoms with E-state index in [0.29, 0.717) is 22.7 Å². The molecule has 0 aliphatic carbocycles. The maximum atomic E-state index is 12.3.